The topological polar surface area (TPSA) is 66.9 Å². The van der Waals surface area contributed by atoms with E-state index in [1.165, 1.54) is 28.0 Å². The first kappa shape index (κ1) is 19.9. The summed E-state index contributed by atoms with van der Waals surface area (Å²) in [5, 5.41) is 19.5. The molecule has 8 heteroatoms. The fourth-order valence-electron chi connectivity index (χ4n) is 2.79. The molecule has 2 aromatic heterocycles. The average molecular weight is 441 g/mol. The number of nitrogens with one attached hydrogen (secondary N) is 2. The Kier molecular flexibility index (Phi) is 6.43. The number of hydrogen-bond donors (Lipinski definition) is 2. The monoisotopic (exact) mass is 440 g/mol. The minimum Gasteiger partial charge on any atom is -0.360 e. The number of rotatable bonds is 8. The van der Waals surface area contributed by atoms with E-state index in [0.29, 0.717) is 0 Å². The SMILES string of the molecule is CC(Sc1nnc(NCCc2cccs2)s1)C(=O)Nc1ccc2ccccc2c1. The number of nitrogens with zero attached hydrogens (tertiary/aromatic N) is 2. The van der Waals surface area contributed by atoms with E-state index in [0.717, 1.165) is 38.9 Å². The molecule has 0 fully saturated rings. The molecule has 0 saturated heterocycles. The Morgan fingerprint density at radius 2 is 1.97 bits per heavy atom. The van der Waals surface area contributed by atoms with Gasteiger partial charge in [-0.2, -0.15) is 0 Å². The lowest BCUT2D eigenvalue weighted by atomic mass is 10.1. The molecule has 0 radical (unpaired) electrons. The Balaban J connectivity index is 1.29. The first-order valence-corrected chi connectivity index (χ1v) is 11.8. The van der Waals surface area contributed by atoms with Gasteiger partial charge < -0.3 is 10.6 Å². The maximum absolute atomic E-state index is 12.6. The van der Waals surface area contributed by atoms with Gasteiger partial charge in [-0.1, -0.05) is 59.5 Å². The Morgan fingerprint density at radius 3 is 2.79 bits per heavy atom. The lowest BCUT2D eigenvalue weighted by Gasteiger charge is -2.11. The maximum atomic E-state index is 12.6. The van der Waals surface area contributed by atoms with Crippen molar-refractivity contribution < 1.29 is 4.79 Å². The van der Waals surface area contributed by atoms with Gasteiger partial charge in [-0.3, -0.25) is 4.79 Å². The lowest BCUT2D eigenvalue weighted by molar-refractivity contribution is -0.115. The van der Waals surface area contributed by atoms with E-state index in [4.69, 9.17) is 0 Å². The van der Waals surface area contributed by atoms with Crippen LogP contribution in [0.1, 0.15) is 11.8 Å². The van der Waals surface area contributed by atoms with Gasteiger partial charge >= 0.3 is 0 Å². The molecule has 0 aliphatic rings. The van der Waals surface area contributed by atoms with E-state index in [9.17, 15) is 4.79 Å². The van der Waals surface area contributed by atoms with Crippen molar-refractivity contribution in [2.24, 2.45) is 0 Å². The van der Waals surface area contributed by atoms with Gasteiger partial charge in [0.25, 0.3) is 0 Å². The summed E-state index contributed by atoms with van der Waals surface area (Å²) >= 11 is 4.65. The van der Waals surface area contributed by atoms with Crippen LogP contribution in [-0.2, 0) is 11.2 Å². The first-order chi connectivity index (χ1) is 14.2. The molecule has 0 saturated carbocycles. The zero-order chi connectivity index (χ0) is 20.1. The molecule has 2 heterocycles. The normalized spacial score (nSPS) is 12.0. The minimum atomic E-state index is -0.270. The van der Waals surface area contributed by atoms with Crippen molar-refractivity contribution in [1.82, 2.24) is 10.2 Å². The molecule has 4 rings (SSSR count). The summed E-state index contributed by atoms with van der Waals surface area (Å²) in [5.41, 5.74) is 0.800. The second-order valence-electron chi connectivity index (χ2n) is 6.44. The highest BCUT2D eigenvalue weighted by Gasteiger charge is 2.17. The third-order valence-corrected chi connectivity index (χ3v) is 7.30. The van der Waals surface area contributed by atoms with Crippen molar-refractivity contribution in [3.63, 3.8) is 0 Å². The number of thiophene rings is 1. The molecule has 148 valence electrons. The highest BCUT2D eigenvalue weighted by atomic mass is 32.2. The largest absolute Gasteiger partial charge is 0.360 e. The number of amides is 1. The molecule has 1 atom stereocenters. The number of carbonyl (C=O) groups excluding carboxylic acids is 1. The van der Waals surface area contributed by atoms with Crippen molar-refractivity contribution in [3.8, 4) is 0 Å². The molecule has 5 nitrogen and oxygen atoms in total. The summed E-state index contributed by atoms with van der Waals surface area (Å²) in [6, 6.07) is 18.2. The molecule has 1 unspecified atom stereocenters. The summed E-state index contributed by atoms with van der Waals surface area (Å²) in [4.78, 5) is 13.9. The van der Waals surface area contributed by atoms with Crippen LogP contribution in [0.3, 0.4) is 0 Å². The Hall–Kier alpha value is -2.42. The van der Waals surface area contributed by atoms with Gasteiger partial charge in [-0.15, -0.1) is 21.5 Å². The Morgan fingerprint density at radius 1 is 1.10 bits per heavy atom. The van der Waals surface area contributed by atoms with E-state index in [1.54, 1.807) is 11.3 Å². The van der Waals surface area contributed by atoms with Crippen LogP contribution >= 0.6 is 34.4 Å². The van der Waals surface area contributed by atoms with E-state index in [-0.39, 0.29) is 11.2 Å². The Bertz CT molecular complexity index is 1090. The van der Waals surface area contributed by atoms with Gasteiger partial charge in [0, 0.05) is 17.1 Å². The van der Waals surface area contributed by atoms with Crippen molar-refractivity contribution in [3.05, 3.63) is 64.9 Å². The van der Waals surface area contributed by atoms with Gasteiger partial charge in [-0.25, -0.2) is 0 Å². The van der Waals surface area contributed by atoms with Gasteiger partial charge in [0.2, 0.25) is 11.0 Å². The number of benzene rings is 2. The van der Waals surface area contributed by atoms with Crippen LogP contribution in [0.15, 0.2) is 64.3 Å². The molecule has 29 heavy (non-hydrogen) atoms. The standard InChI is InChI=1S/C21H20N4OS3/c1-14(19(26)23-17-9-8-15-5-2-3-6-16(15)13-17)28-21-25-24-20(29-21)22-11-10-18-7-4-12-27-18/h2-9,12-14H,10-11H2,1H3,(H,22,24)(H,23,26). The molecular weight excluding hydrogens is 420 g/mol. The predicted octanol–water partition coefficient (Wildman–Crippen LogP) is 5.53. The maximum Gasteiger partial charge on any atom is 0.237 e. The molecule has 2 aromatic carbocycles. The number of carbonyl (C=O) groups is 1. The van der Waals surface area contributed by atoms with Crippen molar-refractivity contribution in [2.45, 2.75) is 22.9 Å². The van der Waals surface area contributed by atoms with E-state index < -0.39 is 0 Å². The van der Waals surface area contributed by atoms with E-state index in [1.807, 2.05) is 43.3 Å². The smallest absolute Gasteiger partial charge is 0.237 e. The van der Waals surface area contributed by atoms with Gasteiger partial charge in [-0.05, 0) is 47.7 Å². The predicted molar refractivity (Wildman–Crippen MR) is 124 cm³/mol. The highest BCUT2D eigenvalue weighted by Crippen LogP contribution is 2.29. The van der Waals surface area contributed by atoms with Crippen LogP contribution in [0.5, 0.6) is 0 Å². The Labute approximate surface area is 181 Å². The van der Waals surface area contributed by atoms with Crippen molar-refractivity contribution in [2.75, 3.05) is 17.2 Å². The number of fused-ring (bicyclic) bond motifs is 1. The summed E-state index contributed by atoms with van der Waals surface area (Å²) in [7, 11) is 0. The number of thioether (sulfide) groups is 1. The summed E-state index contributed by atoms with van der Waals surface area (Å²) in [6.07, 6.45) is 0.963. The zero-order valence-electron chi connectivity index (χ0n) is 15.8. The molecule has 0 spiro atoms. The highest BCUT2D eigenvalue weighted by molar-refractivity contribution is 8.02. The third-order valence-electron chi connectivity index (χ3n) is 4.30. The fourth-order valence-corrected chi connectivity index (χ4v) is 5.42. The summed E-state index contributed by atoms with van der Waals surface area (Å²) < 4.78 is 0.782. The summed E-state index contributed by atoms with van der Waals surface area (Å²) in [5.74, 6) is -0.0484. The van der Waals surface area contributed by atoms with Gasteiger partial charge in [0.15, 0.2) is 4.34 Å². The molecule has 1 amide bonds. The molecule has 2 N–H and O–H groups in total. The second kappa shape index (κ2) is 9.39. The zero-order valence-corrected chi connectivity index (χ0v) is 18.2. The first-order valence-electron chi connectivity index (χ1n) is 9.23. The lowest BCUT2D eigenvalue weighted by Crippen LogP contribution is -2.22. The van der Waals surface area contributed by atoms with Crippen molar-refractivity contribution in [1.29, 1.82) is 0 Å². The molecule has 4 aromatic rings. The quantitative estimate of drug-likeness (QED) is 0.353. The minimum absolute atomic E-state index is 0.0484. The number of hydrogen-bond acceptors (Lipinski definition) is 7. The van der Waals surface area contributed by atoms with Gasteiger partial charge in [0.05, 0.1) is 5.25 Å². The third kappa shape index (κ3) is 5.35. The summed E-state index contributed by atoms with van der Waals surface area (Å²) in [6.45, 7) is 2.70. The van der Waals surface area contributed by atoms with Crippen LogP contribution in [0.25, 0.3) is 10.8 Å². The van der Waals surface area contributed by atoms with Crippen LogP contribution in [0.4, 0.5) is 10.8 Å². The van der Waals surface area contributed by atoms with Crippen LogP contribution < -0.4 is 10.6 Å². The van der Waals surface area contributed by atoms with Gasteiger partial charge in [0.1, 0.15) is 0 Å². The van der Waals surface area contributed by atoms with Crippen LogP contribution in [0, 0.1) is 0 Å². The van der Waals surface area contributed by atoms with Crippen LogP contribution in [0.2, 0.25) is 0 Å². The second-order valence-corrected chi connectivity index (χ2v) is 10.0. The number of aromatic nitrogens is 2. The van der Waals surface area contributed by atoms with E-state index >= 15 is 0 Å². The number of anilines is 2. The molecule has 0 aliphatic carbocycles. The fraction of sp³-hybridized carbons (Fsp3) is 0.190. The van der Waals surface area contributed by atoms with Crippen LogP contribution in [-0.4, -0.2) is 27.9 Å². The average Bonchev–Trinajstić information content (AvgIpc) is 3.40. The molecular formula is C21H20N4OS3. The molecule has 0 aliphatic heterocycles. The van der Waals surface area contributed by atoms with E-state index in [2.05, 4.69) is 44.4 Å². The van der Waals surface area contributed by atoms with Crippen molar-refractivity contribution >= 4 is 61.9 Å². The molecule has 0 bridgehead atoms.